The number of carbonyl (C=O) groups is 1. The zero-order valence-corrected chi connectivity index (χ0v) is 16.8. The van der Waals surface area contributed by atoms with Crippen LogP contribution in [0.25, 0.3) is 22.3 Å². The van der Waals surface area contributed by atoms with Crippen molar-refractivity contribution in [3.63, 3.8) is 0 Å². The second kappa shape index (κ2) is 8.10. The van der Waals surface area contributed by atoms with E-state index >= 15 is 0 Å². The predicted octanol–water partition coefficient (Wildman–Crippen LogP) is 4.51. The van der Waals surface area contributed by atoms with Crippen LogP contribution >= 0.6 is 11.3 Å². The molecule has 0 aliphatic carbocycles. The van der Waals surface area contributed by atoms with E-state index in [0.717, 1.165) is 27.2 Å². The average molecular weight is 410 g/mol. The Bertz CT molecular complexity index is 1170. The molecule has 4 aromatic rings. The van der Waals surface area contributed by atoms with Crippen LogP contribution < -0.4 is 5.32 Å². The molecule has 1 N–H and O–H groups in total. The summed E-state index contributed by atoms with van der Waals surface area (Å²) in [6, 6.07) is 11.6. The van der Waals surface area contributed by atoms with Crippen molar-refractivity contribution >= 4 is 33.4 Å². The van der Waals surface area contributed by atoms with Gasteiger partial charge in [-0.2, -0.15) is 0 Å². The molecule has 0 saturated heterocycles. The summed E-state index contributed by atoms with van der Waals surface area (Å²) in [5.74, 6) is -0.548. The van der Waals surface area contributed by atoms with Gasteiger partial charge in [-0.15, -0.1) is 11.3 Å². The minimum Gasteiger partial charge on any atom is -0.383 e. The maximum atomic E-state index is 13.2. The highest BCUT2D eigenvalue weighted by molar-refractivity contribution is 7.16. The molecule has 1 amide bonds. The smallest absolute Gasteiger partial charge is 0.257 e. The highest BCUT2D eigenvalue weighted by Gasteiger charge is 2.14. The molecule has 0 fully saturated rings. The van der Waals surface area contributed by atoms with Gasteiger partial charge in [0.25, 0.3) is 5.91 Å². The molecular weight excluding hydrogens is 391 g/mol. The molecule has 0 aliphatic heterocycles. The van der Waals surface area contributed by atoms with Crippen LogP contribution in [-0.4, -0.2) is 34.2 Å². The van der Waals surface area contributed by atoms with Gasteiger partial charge in [0, 0.05) is 29.7 Å². The number of benzene rings is 2. The van der Waals surface area contributed by atoms with Crippen molar-refractivity contribution < 1.29 is 13.9 Å². The number of hydrogen-bond acceptors (Lipinski definition) is 5. The van der Waals surface area contributed by atoms with E-state index in [-0.39, 0.29) is 11.7 Å². The number of nitrogens with one attached hydrogen (secondary N) is 1. The second-order valence-electron chi connectivity index (χ2n) is 6.52. The number of aromatic nitrogens is 3. The molecule has 8 heteroatoms. The van der Waals surface area contributed by atoms with E-state index in [1.54, 1.807) is 37.7 Å². The maximum Gasteiger partial charge on any atom is 0.257 e. The Morgan fingerprint density at radius 2 is 2.03 bits per heavy atom. The molecule has 0 saturated carbocycles. The van der Waals surface area contributed by atoms with Gasteiger partial charge >= 0.3 is 0 Å². The highest BCUT2D eigenvalue weighted by atomic mass is 32.1. The fourth-order valence-electron chi connectivity index (χ4n) is 3.07. The molecule has 29 heavy (non-hydrogen) atoms. The molecule has 0 unspecified atom stereocenters. The van der Waals surface area contributed by atoms with Crippen LogP contribution in [0.5, 0.6) is 0 Å². The van der Waals surface area contributed by atoms with E-state index in [1.807, 2.05) is 17.6 Å². The number of thiazole rings is 1. The first-order valence-corrected chi connectivity index (χ1v) is 9.85. The minimum absolute atomic E-state index is 0.252. The number of imidazole rings is 1. The summed E-state index contributed by atoms with van der Waals surface area (Å²) in [5, 5.41) is 3.34. The van der Waals surface area contributed by atoms with Crippen molar-refractivity contribution in [1.29, 1.82) is 0 Å². The van der Waals surface area contributed by atoms with E-state index in [9.17, 15) is 9.18 Å². The lowest BCUT2D eigenvalue weighted by Crippen LogP contribution is -2.11. The predicted molar refractivity (Wildman–Crippen MR) is 112 cm³/mol. The van der Waals surface area contributed by atoms with Crippen LogP contribution in [0.3, 0.4) is 0 Å². The summed E-state index contributed by atoms with van der Waals surface area (Å²) in [4.78, 5) is 22.5. The molecule has 0 atom stereocenters. The number of carbonyl (C=O) groups excluding carboxylic acids is 1. The Morgan fingerprint density at radius 1 is 1.24 bits per heavy atom. The third-order valence-electron chi connectivity index (χ3n) is 4.55. The van der Waals surface area contributed by atoms with Gasteiger partial charge in [-0.05, 0) is 49.4 Å². The van der Waals surface area contributed by atoms with Gasteiger partial charge in [-0.3, -0.25) is 10.1 Å². The third kappa shape index (κ3) is 4.03. The standard InChI is InChI=1S/C21H19FN4O2S/c1-13-19(14-3-6-16(22)7-4-14)24-21(29-13)25-20(27)15-5-8-18-17(11-15)23-12-26(18)9-10-28-2/h3-8,11-12H,9-10H2,1-2H3,(H,24,25,27). The zero-order valence-electron chi connectivity index (χ0n) is 16.0. The van der Waals surface area contributed by atoms with E-state index < -0.39 is 0 Å². The van der Waals surface area contributed by atoms with Gasteiger partial charge in [0.15, 0.2) is 5.13 Å². The van der Waals surface area contributed by atoms with Crippen LogP contribution in [-0.2, 0) is 11.3 Å². The number of rotatable bonds is 6. The van der Waals surface area contributed by atoms with Crippen molar-refractivity contribution in [2.24, 2.45) is 0 Å². The van der Waals surface area contributed by atoms with Crippen LogP contribution in [0, 0.1) is 12.7 Å². The molecule has 2 aromatic heterocycles. The number of amides is 1. The molecule has 0 bridgehead atoms. The van der Waals surface area contributed by atoms with E-state index in [4.69, 9.17) is 4.74 Å². The van der Waals surface area contributed by atoms with Gasteiger partial charge in [-0.25, -0.2) is 14.4 Å². The molecule has 0 spiro atoms. The average Bonchev–Trinajstić information content (AvgIpc) is 3.29. The van der Waals surface area contributed by atoms with Gasteiger partial charge in [0.2, 0.25) is 0 Å². The number of halogens is 1. The van der Waals surface area contributed by atoms with Crippen molar-refractivity contribution in [3.05, 3.63) is 65.0 Å². The van der Waals surface area contributed by atoms with Gasteiger partial charge in [-0.1, -0.05) is 0 Å². The fraction of sp³-hybridized carbons (Fsp3) is 0.190. The summed E-state index contributed by atoms with van der Waals surface area (Å²) >= 11 is 1.38. The lowest BCUT2D eigenvalue weighted by Gasteiger charge is -2.04. The van der Waals surface area contributed by atoms with Crippen LogP contribution in [0.15, 0.2) is 48.8 Å². The Kier molecular flexibility index (Phi) is 5.37. The summed E-state index contributed by atoms with van der Waals surface area (Å²) in [6.07, 6.45) is 1.74. The van der Waals surface area contributed by atoms with Crippen molar-refractivity contribution in [1.82, 2.24) is 14.5 Å². The molecule has 0 aliphatic rings. The van der Waals surface area contributed by atoms with Crippen molar-refractivity contribution in [2.75, 3.05) is 19.0 Å². The molecule has 4 rings (SSSR count). The summed E-state index contributed by atoms with van der Waals surface area (Å²) < 4.78 is 20.2. The molecule has 0 radical (unpaired) electrons. The van der Waals surface area contributed by atoms with Crippen LogP contribution in [0.1, 0.15) is 15.2 Å². The first kappa shape index (κ1) is 19.2. The molecule has 2 heterocycles. The molecule has 2 aromatic carbocycles. The Hall–Kier alpha value is -3.10. The van der Waals surface area contributed by atoms with Gasteiger partial charge in [0.1, 0.15) is 5.82 Å². The summed E-state index contributed by atoms with van der Waals surface area (Å²) in [6.45, 7) is 3.21. The largest absolute Gasteiger partial charge is 0.383 e. The first-order chi connectivity index (χ1) is 14.0. The molecule has 6 nitrogen and oxygen atoms in total. The van der Waals surface area contributed by atoms with Crippen LogP contribution in [0.4, 0.5) is 9.52 Å². The third-order valence-corrected chi connectivity index (χ3v) is 5.44. The maximum absolute atomic E-state index is 13.2. The van der Waals surface area contributed by atoms with Gasteiger partial charge < -0.3 is 9.30 Å². The number of aryl methyl sites for hydroxylation is 1. The van der Waals surface area contributed by atoms with Crippen molar-refractivity contribution in [2.45, 2.75) is 13.5 Å². The van der Waals surface area contributed by atoms with Gasteiger partial charge in [0.05, 0.1) is 29.7 Å². The molecule has 148 valence electrons. The number of ether oxygens (including phenoxy) is 1. The number of fused-ring (bicyclic) bond motifs is 1. The first-order valence-electron chi connectivity index (χ1n) is 9.03. The number of hydrogen-bond donors (Lipinski definition) is 1. The Morgan fingerprint density at radius 3 is 2.79 bits per heavy atom. The highest BCUT2D eigenvalue weighted by Crippen LogP contribution is 2.30. The molecular formula is C21H19FN4O2S. The monoisotopic (exact) mass is 410 g/mol. The summed E-state index contributed by atoms with van der Waals surface area (Å²) in [5.41, 5.74) is 3.74. The Balaban J connectivity index is 1.53. The lowest BCUT2D eigenvalue weighted by molar-refractivity contribution is 0.102. The summed E-state index contributed by atoms with van der Waals surface area (Å²) in [7, 11) is 1.66. The minimum atomic E-state index is -0.296. The van der Waals surface area contributed by atoms with Crippen LogP contribution in [0.2, 0.25) is 0 Å². The van der Waals surface area contributed by atoms with E-state index in [1.165, 1.54) is 23.5 Å². The lowest BCUT2D eigenvalue weighted by atomic mass is 10.1. The second-order valence-corrected chi connectivity index (χ2v) is 7.72. The topological polar surface area (TPSA) is 69.0 Å². The normalized spacial score (nSPS) is 11.1. The number of methoxy groups -OCH3 is 1. The fourth-order valence-corrected chi connectivity index (χ4v) is 3.90. The van der Waals surface area contributed by atoms with Crippen molar-refractivity contribution in [3.8, 4) is 11.3 Å². The van der Waals surface area contributed by atoms with E-state index in [2.05, 4.69) is 15.3 Å². The number of anilines is 1. The Labute approximate surface area is 171 Å². The SMILES string of the molecule is COCCn1cnc2cc(C(=O)Nc3nc(-c4ccc(F)cc4)c(C)s3)ccc21. The quantitative estimate of drug-likeness (QED) is 0.508. The number of nitrogens with zero attached hydrogens (tertiary/aromatic N) is 3. The van der Waals surface area contributed by atoms with E-state index in [0.29, 0.717) is 23.8 Å². The zero-order chi connectivity index (χ0) is 20.4.